The molecule has 2 atom stereocenters. The number of hydrogen-bond acceptors (Lipinski definition) is 7. The summed E-state index contributed by atoms with van der Waals surface area (Å²) in [5, 5.41) is 8.63. The normalized spacial score (nSPS) is 24.1. The Morgan fingerprint density at radius 2 is 2.12 bits per heavy atom. The molecule has 2 fully saturated rings. The monoisotopic (exact) mass is 367 g/mol. The van der Waals surface area contributed by atoms with E-state index in [0.717, 1.165) is 5.69 Å². The van der Waals surface area contributed by atoms with Crippen LogP contribution in [-0.2, 0) is 20.7 Å². The highest BCUT2D eigenvalue weighted by atomic mass is 32.1. The minimum Gasteiger partial charge on any atom is -0.378 e. The van der Waals surface area contributed by atoms with Crippen LogP contribution in [0.4, 0.5) is 5.13 Å². The van der Waals surface area contributed by atoms with Gasteiger partial charge < -0.3 is 26.0 Å². The number of nitrogen functional groups attached to an aromatic ring is 1. The van der Waals surface area contributed by atoms with E-state index in [1.165, 1.54) is 11.3 Å². The molecule has 1 aromatic heterocycles. The molecule has 2 aliphatic heterocycles. The third-order valence-corrected chi connectivity index (χ3v) is 5.37. The fourth-order valence-corrected chi connectivity index (χ4v) is 3.86. The smallest absolute Gasteiger partial charge is 0.227 e. The van der Waals surface area contributed by atoms with Gasteiger partial charge in [-0.1, -0.05) is 0 Å². The lowest BCUT2D eigenvalue weighted by molar-refractivity contribution is -0.141. The lowest BCUT2D eigenvalue weighted by atomic mass is 9.88. The summed E-state index contributed by atoms with van der Waals surface area (Å²) in [5.41, 5.74) is 6.49. The van der Waals surface area contributed by atoms with Crippen LogP contribution < -0.4 is 16.4 Å². The van der Waals surface area contributed by atoms with Gasteiger partial charge in [0.05, 0.1) is 30.7 Å². The Kier molecular flexibility index (Phi) is 6.22. The third-order valence-electron chi connectivity index (χ3n) is 4.64. The number of aromatic nitrogens is 1. The second-order valence-electron chi connectivity index (χ2n) is 6.44. The standard InChI is InChI=1S/C16H25N5O3S/c17-16-20-13(10-25-16)1-2-19-14(22)11-7-12(9-18-8-11)15(23)21-3-5-24-6-4-21/h10-12,18H,1-9H2,(H2,17,20)(H,19,22)/t11-,12+/m1/s1. The number of morpholine rings is 1. The molecule has 1 aromatic rings. The lowest BCUT2D eigenvalue weighted by Gasteiger charge is -2.34. The number of anilines is 1. The molecule has 2 aliphatic rings. The van der Waals surface area contributed by atoms with Gasteiger partial charge in [0.2, 0.25) is 11.8 Å². The van der Waals surface area contributed by atoms with E-state index >= 15 is 0 Å². The minimum atomic E-state index is -0.177. The molecule has 3 rings (SSSR count). The number of piperidine rings is 1. The minimum absolute atomic E-state index is 0.00446. The van der Waals surface area contributed by atoms with E-state index in [4.69, 9.17) is 10.5 Å². The molecule has 25 heavy (non-hydrogen) atoms. The molecule has 0 unspecified atom stereocenters. The van der Waals surface area contributed by atoms with Crippen LogP contribution in [0.1, 0.15) is 12.1 Å². The summed E-state index contributed by atoms with van der Waals surface area (Å²) in [6, 6.07) is 0. The van der Waals surface area contributed by atoms with Gasteiger partial charge in [-0.25, -0.2) is 4.98 Å². The van der Waals surface area contributed by atoms with E-state index in [-0.39, 0.29) is 23.7 Å². The summed E-state index contributed by atoms with van der Waals surface area (Å²) >= 11 is 1.40. The fraction of sp³-hybridized carbons (Fsp3) is 0.688. The lowest BCUT2D eigenvalue weighted by Crippen LogP contribution is -2.51. The van der Waals surface area contributed by atoms with Crippen LogP contribution in [0.5, 0.6) is 0 Å². The molecule has 2 saturated heterocycles. The molecule has 0 bridgehead atoms. The van der Waals surface area contributed by atoms with Gasteiger partial charge in [0.1, 0.15) is 0 Å². The average molecular weight is 367 g/mol. The Hall–Kier alpha value is -1.71. The summed E-state index contributed by atoms with van der Waals surface area (Å²) in [7, 11) is 0. The molecule has 0 spiro atoms. The van der Waals surface area contributed by atoms with Gasteiger partial charge in [-0.15, -0.1) is 11.3 Å². The Bertz CT molecular complexity index is 602. The first-order valence-electron chi connectivity index (χ1n) is 8.68. The first-order chi connectivity index (χ1) is 12.1. The summed E-state index contributed by atoms with van der Waals surface area (Å²) in [4.78, 5) is 31.0. The van der Waals surface area contributed by atoms with Crippen LogP contribution >= 0.6 is 11.3 Å². The van der Waals surface area contributed by atoms with Gasteiger partial charge in [-0.05, 0) is 6.42 Å². The number of carbonyl (C=O) groups excluding carboxylic acids is 2. The van der Waals surface area contributed by atoms with Gasteiger partial charge in [0.15, 0.2) is 5.13 Å². The molecule has 8 nitrogen and oxygen atoms in total. The maximum Gasteiger partial charge on any atom is 0.227 e. The van der Waals surface area contributed by atoms with Crippen molar-refractivity contribution < 1.29 is 14.3 Å². The van der Waals surface area contributed by atoms with Gasteiger partial charge in [-0.3, -0.25) is 9.59 Å². The van der Waals surface area contributed by atoms with E-state index in [1.807, 2.05) is 10.3 Å². The molecule has 3 heterocycles. The number of ether oxygens (including phenoxy) is 1. The molecule has 9 heteroatoms. The van der Waals surface area contributed by atoms with Crippen molar-refractivity contribution in [2.24, 2.45) is 11.8 Å². The van der Waals surface area contributed by atoms with Gasteiger partial charge >= 0.3 is 0 Å². The van der Waals surface area contributed by atoms with Crippen molar-refractivity contribution in [1.29, 1.82) is 0 Å². The van der Waals surface area contributed by atoms with Crippen molar-refractivity contribution in [2.45, 2.75) is 12.8 Å². The molecule has 4 N–H and O–H groups in total. The zero-order chi connectivity index (χ0) is 17.6. The van der Waals surface area contributed by atoms with Crippen LogP contribution in [0.3, 0.4) is 0 Å². The zero-order valence-corrected chi connectivity index (χ0v) is 15.0. The highest BCUT2D eigenvalue weighted by molar-refractivity contribution is 7.13. The summed E-state index contributed by atoms with van der Waals surface area (Å²) in [6.07, 6.45) is 1.26. The molecule has 138 valence electrons. The Labute approximate surface area is 151 Å². The van der Waals surface area contributed by atoms with Crippen molar-refractivity contribution >= 4 is 28.3 Å². The van der Waals surface area contributed by atoms with Crippen molar-refractivity contribution in [2.75, 3.05) is 51.7 Å². The van der Waals surface area contributed by atoms with E-state index in [0.29, 0.717) is 63.9 Å². The molecule has 0 saturated carbocycles. The Morgan fingerprint density at radius 3 is 2.84 bits per heavy atom. The van der Waals surface area contributed by atoms with Crippen LogP contribution in [0.25, 0.3) is 0 Å². The molecule has 0 aliphatic carbocycles. The molecular weight excluding hydrogens is 342 g/mol. The largest absolute Gasteiger partial charge is 0.378 e. The number of carbonyl (C=O) groups is 2. The maximum absolute atomic E-state index is 12.6. The molecular formula is C16H25N5O3S. The van der Waals surface area contributed by atoms with Gasteiger partial charge in [0.25, 0.3) is 0 Å². The van der Waals surface area contributed by atoms with Crippen LogP contribution in [0.15, 0.2) is 5.38 Å². The number of nitrogens with zero attached hydrogens (tertiary/aromatic N) is 2. The quantitative estimate of drug-likeness (QED) is 0.645. The predicted molar refractivity (Wildman–Crippen MR) is 95.1 cm³/mol. The second kappa shape index (κ2) is 8.59. The Balaban J connectivity index is 1.45. The number of amides is 2. The highest BCUT2D eigenvalue weighted by Crippen LogP contribution is 2.20. The van der Waals surface area contributed by atoms with E-state index < -0.39 is 0 Å². The van der Waals surface area contributed by atoms with E-state index in [2.05, 4.69) is 15.6 Å². The first-order valence-corrected chi connectivity index (χ1v) is 9.56. The fourth-order valence-electron chi connectivity index (χ4n) is 3.27. The number of hydrogen-bond donors (Lipinski definition) is 3. The predicted octanol–water partition coefficient (Wildman–Crippen LogP) is -0.531. The summed E-state index contributed by atoms with van der Waals surface area (Å²) in [5.74, 6) is -0.188. The Morgan fingerprint density at radius 1 is 1.36 bits per heavy atom. The topological polar surface area (TPSA) is 110 Å². The van der Waals surface area contributed by atoms with E-state index in [9.17, 15) is 9.59 Å². The van der Waals surface area contributed by atoms with Crippen molar-refractivity contribution in [3.8, 4) is 0 Å². The molecule has 0 radical (unpaired) electrons. The molecule has 2 amide bonds. The van der Waals surface area contributed by atoms with Crippen molar-refractivity contribution in [3.63, 3.8) is 0 Å². The first kappa shape index (κ1) is 18.1. The van der Waals surface area contributed by atoms with Crippen molar-refractivity contribution in [1.82, 2.24) is 20.5 Å². The van der Waals surface area contributed by atoms with Crippen LogP contribution in [0.2, 0.25) is 0 Å². The summed E-state index contributed by atoms with van der Waals surface area (Å²) < 4.78 is 5.29. The van der Waals surface area contributed by atoms with E-state index in [1.54, 1.807) is 0 Å². The maximum atomic E-state index is 12.6. The zero-order valence-electron chi connectivity index (χ0n) is 14.2. The molecule has 0 aromatic carbocycles. The third kappa shape index (κ3) is 4.90. The number of thiazole rings is 1. The number of nitrogens with one attached hydrogen (secondary N) is 2. The average Bonchev–Trinajstić information content (AvgIpc) is 3.07. The summed E-state index contributed by atoms with van der Waals surface area (Å²) in [6.45, 7) is 4.25. The van der Waals surface area contributed by atoms with Crippen LogP contribution in [0, 0.1) is 11.8 Å². The van der Waals surface area contributed by atoms with Crippen molar-refractivity contribution in [3.05, 3.63) is 11.1 Å². The van der Waals surface area contributed by atoms with Gasteiger partial charge in [-0.2, -0.15) is 0 Å². The second-order valence-corrected chi connectivity index (χ2v) is 7.33. The number of rotatable bonds is 5. The SMILES string of the molecule is Nc1nc(CCNC(=O)[C@H]2CNC[C@@H](C(=O)N3CCOCC3)C2)cs1. The van der Waals surface area contributed by atoms with Gasteiger partial charge in [0, 0.05) is 44.5 Å². The van der Waals surface area contributed by atoms with Crippen LogP contribution in [-0.4, -0.2) is 67.6 Å². The number of nitrogens with two attached hydrogens (primary N) is 1. The highest BCUT2D eigenvalue weighted by Gasteiger charge is 2.33.